The Morgan fingerprint density at radius 3 is 2.56 bits per heavy atom. The van der Waals surface area contributed by atoms with Crippen molar-refractivity contribution in [3.8, 4) is 0 Å². The zero-order valence-electron chi connectivity index (χ0n) is 17.4. The van der Waals surface area contributed by atoms with Crippen LogP contribution in [0.5, 0.6) is 0 Å². The lowest BCUT2D eigenvalue weighted by atomic mass is 10.1. The Kier molecular flexibility index (Phi) is 4.80. The van der Waals surface area contributed by atoms with Gasteiger partial charge < -0.3 is 9.80 Å². The van der Waals surface area contributed by atoms with E-state index in [4.69, 9.17) is 4.98 Å². The van der Waals surface area contributed by atoms with Crippen LogP contribution in [0.1, 0.15) is 19.0 Å². The molecule has 0 spiro atoms. The van der Waals surface area contributed by atoms with Gasteiger partial charge in [0.15, 0.2) is 10.0 Å². The predicted molar refractivity (Wildman–Crippen MR) is 121 cm³/mol. The second-order valence-electron chi connectivity index (χ2n) is 8.90. The van der Waals surface area contributed by atoms with Gasteiger partial charge >= 0.3 is 6.18 Å². The van der Waals surface area contributed by atoms with Crippen LogP contribution in [0.15, 0.2) is 34.7 Å². The molecule has 0 amide bonds. The van der Waals surface area contributed by atoms with Crippen LogP contribution >= 0.6 is 23.1 Å². The lowest BCUT2D eigenvalue weighted by Crippen LogP contribution is -2.47. The maximum Gasteiger partial charge on any atom is 0.433 e. The number of aromatic nitrogens is 3. The Balaban J connectivity index is 1.13. The fraction of sp³-hybridized carbons (Fsp3) is 0.500. The Morgan fingerprint density at radius 2 is 1.91 bits per heavy atom. The van der Waals surface area contributed by atoms with Crippen molar-refractivity contribution in [2.45, 2.75) is 29.9 Å². The highest BCUT2D eigenvalue weighted by molar-refractivity contribution is 8.01. The summed E-state index contributed by atoms with van der Waals surface area (Å²) in [6.45, 7) is 4.22. The number of para-hydroxylation sites is 1. The first kappa shape index (κ1) is 20.5. The third-order valence-electron chi connectivity index (χ3n) is 6.94. The van der Waals surface area contributed by atoms with E-state index >= 15 is 0 Å². The average Bonchev–Trinajstić information content (AvgIpc) is 3.09. The van der Waals surface area contributed by atoms with E-state index in [1.807, 2.05) is 34.9 Å². The van der Waals surface area contributed by atoms with Crippen LogP contribution < -0.4 is 9.80 Å². The van der Waals surface area contributed by atoms with Crippen LogP contribution in [0.2, 0.25) is 0 Å². The molecule has 168 valence electrons. The lowest BCUT2D eigenvalue weighted by Gasteiger charge is -2.39. The smallest absolute Gasteiger partial charge is 0.356 e. The molecular formula is C22H22F3N5S2. The average molecular weight is 478 g/mol. The molecule has 4 heterocycles. The van der Waals surface area contributed by atoms with Crippen molar-refractivity contribution in [3.05, 3.63) is 36.0 Å². The summed E-state index contributed by atoms with van der Waals surface area (Å²) >= 11 is 3.52. The second-order valence-corrected chi connectivity index (χ2v) is 11.2. The molecule has 3 aliphatic rings. The van der Waals surface area contributed by atoms with Gasteiger partial charge in [0.2, 0.25) is 5.95 Å². The quantitative estimate of drug-likeness (QED) is 0.472. The topological polar surface area (TPSA) is 45.2 Å². The molecule has 1 aromatic carbocycles. The van der Waals surface area contributed by atoms with E-state index in [0.29, 0.717) is 30.1 Å². The van der Waals surface area contributed by atoms with Gasteiger partial charge in [-0.15, -0.1) is 11.3 Å². The Morgan fingerprint density at radius 1 is 1.12 bits per heavy atom. The van der Waals surface area contributed by atoms with E-state index < -0.39 is 11.9 Å². The van der Waals surface area contributed by atoms with Gasteiger partial charge in [-0.2, -0.15) is 18.2 Å². The molecule has 2 aromatic heterocycles. The molecule has 4 atom stereocenters. The molecule has 2 saturated heterocycles. The SMILES string of the molecule is C[C@H]1CCN1c1nc(N2C[C@@H]3C(CSc4nc5ccccc5s4)[C@@H]3C2)cc(C(F)(F)F)n1. The minimum absolute atomic E-state index is 0.183. The van der Waals surface area contributed by atoms with Crippen molar-refractivity contribution in [2.75, 3.05) is 35.2 Å². The van der Waals surface area contributed by atoms with E-state index in [9.17, 15) is 13.2 Å². The Labute approximate surface area is 192 Å². The summed E-state index contributed by atoms with van der Waals surface area (Å²) in [5.41, 5.74) is 0.193. The zero-order chi connectivity index (χ0) is 22.0. The minimum atomic E-state index is -4.47. The van der Waals surface area contributed by atoms with Crippen molar-refractivity contribution in [1.82, 2.24) is 15.0 Å². The third-order valence-corrected chi connectivity index (χ3v) is 9.26. The van der Waals surface area contributed by atoms with Crippen LogP contribution in [0.25, 0.3) is 10.2 Å². The lowest BCUT2D eigenvalue weighted by molar-refractivity contribution is -0.141. The largest absolute Gasteiger partial charge is 0.433 e. The number of hydrogen-bond acceptors (Lipinski definition) is 7. The molecule has 10 heteroatoms. The van der Waals surface area contributed by atoms with Crippen molar-refractivity contribution < 1.29 is 13.2 Å². The number of alkyl halides is 3. The van der Waals surface area contributed by atoms with E-state index in [2.05, 4.69) is 16.0 Å². The highest BCUT2D eigenvalue weighted by Crippen LogP contribution is 2.54. The van der Waals surface area contributed by atoms with E-state index in [0.717, 1.165) is 41.2 Å². The normalized spacial score (nSPS) is 27.0. The Hall–Kier alpha value is -2.07. The van der Waals surface area contributed by atoms with Crippen LogP contribution in [0, 0.1) is 17.8 Å². The van der Waals surface area contributed by atoms with Crippen molar-refractivity contribution in [3.63, 3.8) is 0 Å². The van der Waals surface area contributed by atoms with Crippen molar-refractivity contribution in [2.24, 2.45) is 17.8 Å². The second kappa shape index (κ2) is 7.48. The fourth-order valence-corrected chi connectivity index (χ4v) is 7.23. The van der Waals surface area contributed by atoms with Gasteiger partial charge in [0.05, 0.1) is 10.2 Å². The van der Waals surface area contributed by atoms with Gasteiger partial charge in [-0.3, -0.25) is 0 Å². The number of hydrogen-bond donors (Lipinski definition) is 0. The highest BCUT2D eigenvalue weighted by Gasteiger charge is 2.55. The first-order valence-electron chi connectivity index (χ1n) is 10.8. The van der Waals surface area contributed by atoms with E-state index in [-0.39, 0.29) is 12.0 Å². The number of halogens is 3. The molecule has 2 aliphatic heterocycles. The molecule has 3 aromatic rings. The first-order valence-corrected chi connectivity index (χ1v) is 12.6. The van der Waals surface area contributed by atoms with Gasteiger partial charge in [0.1, 0.15) is 5.82 Å². The Bertz CT molecular complexity index is 1120. The van der Waals surface area contributed by atoms with Crippen LogP contribution in [0.4, 0.5) is 24.9 Å². The zero-order valence-corrected chi connectivity index (χ0v) is 19.1. The number of benzene rings is 1. The van der Waals surface area contributed by atoms with E-state index in [1.165, 1.54) is 4.70 Å². The molecule has 0 bridgehead atoms. The standard InChI is InChI=1S/C22H22F3N5S2/c1-12-6-7-30(12)20-27-18(22(23,24)25)8-19(28-20)29-9-13-14(10-29)15(13)11-31-21-26-16-4-2-3-5-17(16)32-21/h2-5,8,12-15H,6-7,9-11H2,1H3/t12-,13-,14+,15?/m0/s1. The van der Waals surface area contributed by atoms with Gasteiger partial charge in [-0.05, 0) is 43.2 Å². The number of piperidine rings is 1. The molecule has 0 radical (unpaired) electrons. The maximum atomic E-state index is 13.5. The molecule has 3 fully saturated rings. The minimum Gasteiger partial charge on any atom is -0.356 e. The van der Waals surface area contributed by atoms with Gasteiger partial charge in [-0.1, -0.05) is 23.9 Å². The first-order chi connectivity index (χ1) is 15.4. The summed E-state index contributed by atoms with van der Waals surface area (Å²) in [5.74, 6) is 3.27. The summed E-state index contributed by atoms with van der Waals surface area (Å²) in [5, 5.41) is 0. The molecule has 32 heavy (non-hydrogen) atoms. The molecule has 6 rings (SSSR count). The highest BCUT2D eigenvalue weighted by atomic mass is 32.2. The summed E-state index contributed by atoms with van der Waals surface area (Å²) in [7, 11) is 0. The molecular weight excluding hydrogens is 455 g/mol. The van der Waals surface area contributed by atoms with Crippen molar-refractivity contribution >= 4 is 45.1 Å². The summed E-state index contributed by atoms with van der Waals surface area (Å²) in [6, 6.07) is 9.45. The molecule has 1 unspecified atom stereocenters. The van der Waals surface area contributed by atoms with Gasteiger partial charge in [0.25, 0.3) is 0 Å². The summed E-state index contributed by atoms with van der Waals surface area (Å²) in [4.78, 5) is 16.9. The number of fused-ring (bicyclic) bond motifs is 2. The number of anilines is 2. The van der Waals surface area contributed by atoms with Crippen molar-refractivity contribution in [1.29, 1.82) is 0 Å². The van der Waals surface area contributed by atoms with Crippen LogP contribution in [0.3, 0.4) is 0 Å². The third kappa shape index (κ3) is 3.61. The number of rotatable bonds is 5. The van der Waals surface area contributed by atoms with Crippen LogP contribution in [-0.4, -0.2) is 46.4 Å². The van der Waals surface area contributed by atoms with E-state index in [1.54, 1.807) is 23.1 Å². The molecule has 0 N–H and O–H groups in total. The predicted octanol–water partition coefficient (Wildman–Crippen LogP) is 5.18. The maximum absolute atomic E-state index is 13.5. The monoisotopic (exact) mass is 477 g/mol. The molecule has 1 aliphatic carbocycles. The van der Waals surface area contributed by atoms with Gasteiger partial charge in [-0.25, -0.2) is 9.97 Å². The van der Waals surface area contributed by atoms with Crippen LogP contribution in [-0.2, 0) is 6.18 Å². The number of nitrogens with zero attached hydrogens (tertiary/aromatic N) is 5. The number of thiazole rings is 1. The van der Waals surface area contributed by atoms with Gasteiger partial charge in [0, 0.05) is 37.5 Å². The molecule has 5 nitrogen and oxygen atoms in total. The molecule has 1 saturated carbocycles. The number of thioether (sulfide) groups is 1. The summed E-state index contributed by atoms with van der Waals surface area (Å²) < 4.78 is 42.7. The fourth-order valence-electron chi connectivity index (χ4n) is 4.84. The summed E-state index contributed by atoms with van der Waals surface area (Å²) in [6.07, 6.45) is -3.52.